The molecule has 0 saturated carbocycles. The molecule has 0 aliphatic rings. The summed E-state index contributed by atoms with van der Waals surface area (Å²) < 4.78 is 56.1. The van der Waals surface area contributed by atoms with Crippen LogP contribution in [0.3, 0.4) is 0 Å². The fourth-order valence-corrected chi connectivity index (χ4v) is 5.14. The first kappa shape index (κ1) is 27.7. The number of nitrogens with two attached hydrogens (primary N) is 2. The van der Waals surface area contributed by atoms with Crippen LogP contribution in [0.2, 0.25) is 12.6 Å². The predicted molar refractivity (Wildman–Crippen MR) is 149 cm³/mol. The van der Waals surface area contributed by atoms with E-state index in [2.05, 4.69) is 0 Å². The maximum Gasteiger partial charge on any atom is 0.157 e. The third kappa shape index (κ3) is 6.37. The second kappa shape index (κ2) is 12.0. The van der Waals surface area contributed by atoms with Crippen molar-refractivity contribution >= 4 is 14.6 Å². The van der Waals surface area contributed by atoms with Crippen molar-refractivity contribution in [3.63, 3.8) is 0 Å². The number of benzene rings is 4. The van der Waals surface area contributed by atoms with E-state index >= 15 is 0 Å². The Hall–Kier alpha value is -3.35. The summed E-state index contributed by atoms with van der Waals surface area (Å²) in [6.07, 6.45) is 3.01. The molecule has 2 nitrogen and oxygen atoms in total. The van der Waals surface area contributed by atoms with Gasteiger partial charge in [0.15, 0.2) is 14.6 Å². The van der Waals surface area contributed by atoms with E-state index in [9.17, 15) is 17.6 Å². The third-order valence-electron chi connectivity index (χ3n) is 7.25. The summed E-state index contributed by atoms with van der Waals surface area (Å²) in [5, 5.41) is 0. The molecule has 0 aromatic heterocycles. The Bertz CT molecular complexity index is 1190. The number of halogens is 4. The van der Waals surface area contributed by atoms with Crippen molar-refractivity contribution in [2.75, 3.05) is 0 Å². The fourth-order valence-electron chi connectivity index (χ4n) is 5.14. The van der Waals surface area contributed by atoms with Gasteiger partial charge in [0.2, 0.25) is 0 Å². The first-order chi connectivity index (χ1) is 18.2. The Morgan fingerprint density at radius 2 is 0.737 bits per heavy atom. The molecule has 0 fully saturated rings. The molecule has 38 heavy (non-hydrogen) atoms. The molecule has 0 heterocycles. The molecule has 0 aliphatic carbocycles. The van der Waals surface area contributed by atoms with E-state index in [-0.39, 0.29) is 0 Å². The Morgan fingerprint density at radius 3 is 0.974 bits per heavy atom. The molecule has 0 spiro atoms. The van der Waals surface area contributed by atoms with Gasteiger partial charge in [-0.15, -0.1) is 0 Å². The minimum atomic E-state index is -1.05. The Balaban J connectivity index is 1.45. The van der Waals surface area contributed by atoms with Crippen LogP contribution in [0, 0.1) is 23.3 Å². The van der Waals surface area contributed by atoms with E-state index in [1.807, 2.05) is 0 Å². The van der Waals surface area contributed by atoms with Crippen LogP contribution >= 0.6 is 0 Å². The summed E-state index contributed by atoms with van der Waals surface area (Å²) in [5.41, 5.74) is 13.9. The molecule has 4 N–H and O–H groups in total. The topological polar surface area (TPSA) is 52.0 Å². The average Bonchev–Trinajstić information content (AvgIpc) is 2.90. The molecule has 0 radical (unpaired) electrons. The monoisotopic (exact) mass is 516 g/mol. The second-order valence-corrected chi connectivity index (χ2v) is 9.90. The lowest BCUT2D eigenvalue weighted by molar-refractivity contribution is 0.611. The van der Waals surface area contributed by atoms with E-state index in [0.717, 1.165) is 12.8 Å². The number of hydrogen-bond acceptors (Lipinski definition) is 2. The fraction of sp³-hybridized carbons (Fsp3) is 0.200. The van der Waals surface area contributed by atoms with E-state index < -0.39 is 34.1 Å². The van der Waals surface area contributed by atoms with Gasteiger partial charge in [-0.2, -0.15) is 0 Å². The molecule has 0 bridgehead atoms. The summed E-state index contributed by atoms with van der Waals surface area (Å²) >= 11 is 0. The van der Waals surface area contributed by atoms with Crippen LogP contribution in [-0.4, -0.2) is 14.6 Å². The molecule has 0 amide bonds. The van der Waals surface area contributed by atoms with Gasteiger partial charge < -0.3 is 11.5 Å². The van der Waals surface area contributed by atoms with Crippen LogP contribution in [0.4, 0.5) is 17.6 Å². The van der Waals surface area contributed by atoms with Crippen LogP contribution in [0.1, 0.15) is 35.1 Å². The zero-order valence-corrected chi connectivity index (χ0v) is 21.1. The van der Waals surface area contributed by atoms with Gasteiger partial charge in [0.1, 0.15) is 23.3 Å². The van der Waals surface area contributed by atoms with E-state index in [4.69, 9.17) is 11.5 Å². The third-order valence-corrected chi connectivity index (χ3v) is 7.25. The van der Waals surface area contributed by atoms with Gasteiger partial charge in [-0.1, -0.05) is 74.0 Å². The van der Waals surface area contributed by atoms with Crippen molar-refractivity contribution in [1.29, 1.82) is 0 Å². The van der Waals surface area contributed by atoms with Crippen molar-refractivity contribution in [3.8, 4) is 0 Å². The van der Waals surface area contributed by atoms with Crippen LogP contribution in [0.5, 0.6) is 0 Å². The SMILES string of the molecule is NC(BCCCCBC(N)(c1cccc(F)c1)c1cccc(F)c1)(c1cccc(F)c1)c1cccc(F)c1. The van der Waals surface area contributed by atoms with E-state index in [1.165, 1.54) is 48.5 Å². The van der Waals surface area contributed by atoms with Gasteiger partial charge in [-0.3, -0.25) is 0 Å². The smallest absolute Gasteiger partial charge is 0.157 e. The summed E-state index contributed by atoms with van der Waals surface area (Å²) in [4.78, 5) is 0. The van der Waals surface area contributed by atoms with Gasteiger partial charge >= 0.3 is 0 Å². The van der Waals surface area contributed by atoms with Crippen LogP contribution in [0.15, 0.2) is 97.1 Å². The number of unbranched alkanes of at least 4 members (excludes halogenated alkanes) is 1. The summed E-state index contributed by atoms with van der Waals surface area (Å²) in [6.45, 7) is 0. The quantitative estimate of drug-likeness (QED) is 0.152. The number of hydrogen-bond donors (Lipinski definition) is 2. The molecule has 194 valence electrons. The van der Waals surface area contributed by atoms with Gasteiger partial charge in [-0.05, 0) is 70.8 Å². The van der Waals surface area contributed by atoms with Gasteiger partial charge in [0.25, 0.3) is 0 Å². The van der Waals surface area contributed by atoms with Crippen LogP contribution in [-0.2, 0) is 10.9 Å². The first-order valence-electron chi connectivity index (χ1n) is 12.8. The van der Waals surface area contributed by atoms with Crippen molar-refractivity contribution in [1.82, 2.24) is 0 Å². The normalized spacial score (nSPS) is 11.8. The maximum absolute atomic E-state index is 14.0. The van der Waals surface area contributed by atoms with Crippen molar-refractivity contribution in [2.24, 2.45) is 11.5 Å². The second-order valence-electron chi connectivity index (χ2n) is 9.90. The Morgan fingerprint density at radius 1 is 0.474 bits per heavy atom. The average molecular weight is 516 g/mol. The molecule has 0 atom stereocenters. The molecule has 0 saturated heterocycles. The summed E-state index contributed by atoms with van der Waals surface area (Å²) in [7, 11) is 0.975. The first-order valence-corrected chi connectivity index (χ1v) is 12.8. The zero-order valence-electron chi connectivity index (χ0n) is 21.1. The molecule has 4 rings (SSSR count). The van der Waals surface area contributed by atoms with Crippen molar-refractivity contribution in [3.05, 3.63) is 143 Å². The van der Waals surface area contributed by atoms with E-state index in [1.54, 1.807) is 48.5 Å². The molecular formula is C30H30B2F4N2. The molecule has 0 unspecified atom stereocenters. The van der Waals surface area contributed by atoms with E-state index in [0.29, 0.717) is 49.5 Å². The number of rotatable bonds is 11. The highest BCUT2D eigenvalue weighted by Gasteiger charge is 2.32. The summed E-state index contributed by atoms with van der Waals surface area (Å²) in [6, 6.07) is 24.4. The van der Waals surface area contributed by atoms with Gasteiger partial charge in [-0.25, -0.2) is 17.6 Å². The standard InChI is InChI=1S/C30H30B2F4N2/c33-25-11-3-7-21(17-25)29(37,22-8-4-12-26(34)18-22)31-15-1-2-16-32-30(38,23-9-5-13-27(35)19-23)24-10-6-14-28(36)20-24/h3-14,17-20,31-32H,1-2,15-16,37-38H2. The minimum Gasteiger partial charge on any atom is -0.325 e. The lowest BCUT2D eigenvalue weighted by Gasteiger charge is -2.31. The predicted octanol–water partition coefficient (Wildman–Crippen LogP) is 5.75. The van der Waals surface area contributed by atoms with Crippen LogP contribution in [0.25, 0.3) is 0 Å². The summed E-state index contributed by atoms with van der Waals surface area (Å²) in [5.74, 6) is -1.60. The van der Waals surface area contributed by atoms with Crippen molar-refractivity contribution < 1.29 is 17.6 Å². The Labute approximate surface area is 222 Å². The Kier molecular flexibility index (Phi) is 8.75. The highest BCUT2D eigenvalue weighted by atomic mass is 19.1. The minimum absolute atomic E-state index is 0.400. The maximum atomic E-state index is 14.0. The molecule has 4 aromatic carbocycles. The lowest BCUT2D eigenvalue weighted by atomic mass is 9.49. The highest BCUT2D eigenvalue weighted by molar-refractivity contribution is 6.42. The molecule has 8 heteroatoms. The van der Waals surface area contributed by atoms with Gasteiger partial charge in [0, 0.05) is 10.9 Å². The highest BCUT2D eigenvalue weighted by Crippen LogP contribution is 2.31. The van der Waals surface area contributed by atoms with Crippen LogP contribution < -0.4 is 11.5 Å². The van der Waals surface area contributed by atoms with Crippen molar-refractivity contribution in [2.45, 2.75) is 36.4 Å². The molecule has 4 aromatic rings. The zero-order chi connectivity index (χ0) is 27.2. The largest absolute Gasteiger partial charge is 0.325 e. The molecular weight excluding hydrogens is 486 g/mol. The lowest BCUT2D eigenvalue weighted by Crippen LogP contribution is -2.44. The van der Waals surface area contributed by atoms with Gasteiger partial charge in [0.05, 0.1) is 0 Å². The molecule has 0 aliphatic heterocycles.